The van der Waals surface area contributed by atoms with Gasteiger partial charge in [-0.05, 0) is 36.2 Å². The lowest BCUT2D eigenvalue weighted by molar-refractivity contribution is 0.0793. The van der Waals surface area contributed by atoms with Crippen molar-refractivity contribution in [3.8, 4) is 11.5 Å². The molecule has 4 aromatic rings. The highest BCUT2D eigenvalue weighted by molar-refractivity contribution is 7.17. The summed E-state index contributed by atoms with van der Waals surface area (Å²) in [7, 11) is 0. The van der Waals surface area contributed by atoms with E-state index in [1.165, 1.54) is 16.9 Å². The third-order valence-corrected chi connectivity index (χ3v) is 6.19. The number of fused-ring (bicyclic) bond motifs is 1. The molecule has 1 atom stereocenters. The molecule has 1 aliphatic rings. The van der Waals surface area contributed by atoms with Crippen LogP contribution < -0.4 is 5.56 Å². The summed E-state index contributed by atoms with van der Waals surface area (Å²) in [6, 6.07) is 9.40. The molecule has 5 heterocycles. The Morgan fingerprint density at radius 3 is 2.83 bits per heavy atom. The Kier molecular flexibility index (Phi) is 4.40. The largest absolute Gasteiger partial charge is 0.338 e. The lowest BCUT2D eigenvalue weighted by atomic mass is 10.00. The Morgan fingerprint density at radius 1 is 1.17 bits per heavy atom. The van der Waals surface area contributed by atoms with Crippen molar-refractivity contribution in [3.05, 3.63) is 75.8 Å². The van der Waals surface area contributed by atoms with E-state index in [0.29, 0.717) is 46.3 Å². The van der Waals surface area contributed by atoms with Gasteiger partial charge in [-0.3, -0.25) is 19.6 Å². The monoisotopic (exact) mass is 403 g/mol. The van der Waals surface area contributed by atoms with Crippen LogP contribution in [0.1, 0.15) is 28.3 Å². The summed E-state index contributed by atoms with van der Waals surface area (Å²) in [5.74, 6) is 0.580. The van der Waals surface area contributed by atoms with Gasteiger partial charge >= 0.3 is 0 Å². The standard InChI is InChI=1S/C21H17N5O2S/c27-20-18-17(24-19(25-20)16-3-1-2-7-23-16)15(12-29-18)21(28)26-10-6-14(11-26)13-4-8-22-9-5-13/h1-5,7-9,12,14H,6,10-11H2,(H,24,25,27). The highest BCUT2D eigenvalue weighted by Gasteiger charge is 2.30. The quantitative estimate of drug-likeness (QED) is 0.568. The number of amides is 1. The normalized spacial score (nSPS) is 16.4. The molecule has 7 nitrogen and oxygen atoms in total. The predicted octanol–water partition coefficient (Wildman–Crippen LogP) is 3.07. The van der Waals surface area contributed by atoms with Crippen molar-refractivity contribution in [3.63, 3.8) is 0 Å². The van der Waals surface area contributed by atoms with E-state index in [9.17, 15) is 9.59 Å². The minimum atomic E-state index is -0.254. The summed E-state index contributed by atoms with van der Waals surface area (Å²) in [6.45, 7) is 1.33. The molecule has 1 amide bonds. The number of aromatic nitrogens is 4. The van der Waals surface area contributed by atoms with E-state index in [1.54, 1.807) is 36.1 Å². The molecule has 1 N–H and O–H groups in total. The fraction of sp³-hybridized carbons (Fsp3) is 0.190. The van der Waals surface area contributed by atoms with Gasteiger partial charge < -0.3 is 9.88 Å². The van der Waals surface area contributed by atoms with Gasteiger partial charge in [-0.25, -0.2) is 4.98 Å². The number of nitrogens with zero attached hydrogens (tertiary/aromatic N) is 4. The van der Waals surface area contributed by atoms with Crippen LogP contribution in [0.3, 0.4) is 0 Å². The molecule has 8 heteroatoms. The van der Waals surface area contributed by atoms with Crippen LogP contribution in [0.4, 0.5) is 0 Å². The van der Waals surface area contributed by atoms with Crippen molar-refractivity contribution >= 4 is 27.5 Å². The number of pyridine rings is 2. The van der Waals surface area contributed by atoms with Crippen LogP contribution in [0.25, 0.3) is 21.7 Å². The summed E-state index contributed by atoms with van der Waals surface area (Å²) >= 11 is 1.25. The van der Waals surface area contributed by atoms with Gasteiger partial charge in [0.05, 0.1) is 5.56 Å². The third-order valence-electron chi connectivity index (χ3n) is 5.22. The van der Waals surface area contributed by atoms with Gasteiger partial charge in [-0.2, -0.15) is 0 Å². The molecule has 1 aliphatic heterocycles. The number of carbonyl (C=O) groups excluding carboxylic acids is 1. The number of H-pyrrole nitrogens is 1. The summed E-state index contributed by atoms with van der Waals surface area (Å²) in [4.78, 5) is 43.2. The SMILES string of the molecule is O=C(c1csc2c(=O)[nH]c(-c3ccccn3)nc12)N1CCC(c2ccncc2)C1. The van der Waals surface area contributed by atoms with Crippen LogP contribution in [0, 0.1) is 0 Å². The second kappa shape index (κ2) is 7.21. The Labute approximate surface area is 170 Å². The van der Waals surface area contributed by atoms with Gasteiger partial charge in [0.25, 0.3) is 11.5 Å². The summed E-state index contributed by atoms with van der Waals surface area (Å²) in [6.07, 6.45) is 6.11. The number of nitrogens with one attached hydrogen (secondary N) is 1. The fourth-order valence-corrected chi connectivity index (χ4v) is 4.60. The smallest absolute Gasteiger partial charge is 0.269 e. The maximum absolute atomic E-state index is 13.2. The molecule has 1 saturated heterocycles. The minimum Gasteiger partial charge on any atom is -0.338 e. The van der Waals surface area contributed by atoms with E-state index in [4.69, 9.17) is 0 Å². The summed E-state index contributed by atoms with van der Waals surface area (Å²) in [5, 5.41) is 1.73. The zero-order valence-corrected chi connectivity index (χ0v) is 16.2. The number of aromatic amines is 1. The first-order chi connectivity index (χ1) is 14.2. The van der Waals surface area contributed by atoms with Crippen LogP contribution in [0.15, 0.2) is 59.1 Å². The van der Waals surface area contributed by atoms with Crippen molar-refractivity contribution < 1.29 is 4.79 Å². The molecule has 1 fully saturated rings. The number of hydrogen-bond donors (Lipinski definition) is 1. The number of rotatable bonds is 3. The number of hydrogen-bond acceptors (Lipinski definition) is 6. The van der Waals surface area contributed by atoms with Gasteiger partial charge in [0, 0.05) is 43.0 Å². The van der Waals surface area contributed by atoms with Gasteiger partial charge in [0.2, 0.25) is 0 Å². The molecule has 0 aromatic carbocycles. The summed E-state index contributed by atoms with van der Waals surface area (Å²) in [5.41, 5.74) is 2.42. The maximum atomic E-state index is 13.2. The molecule has 0 spiro atoms. The van der Waals surface area contributed by atoms with Crippen LogP contribution in [0.2, 0.25) is 0 Å². The molecular formula is C21H17N5O2S. The minimum absolute atomic E-state index is 0.0853. The molecule has 144 valence electrons. The molecule has 1 unspecified atom stereocenters. The fourth-order valence-electron chi connectivity index (χ4n) is 3.73. The Morgan fingerprint density at radius 2 is 2.03 bits per heavy atom. The van der Waals surface area contributed by atoms with E-state index in [2.05, 4.69) is 19.9 Å². The zero-order valence-electron chi connectivity index (χ0n) is 15.4. The van der Waals surface area contributed by atoms with Crippen LogP contribution in [0.5, 0.6) is 0 Å². The molecule has 0 radical (unpaired) electrons. The van der Waals surface area contributed by atoms with Crippen molar-refractivity contribution in [1.29, 1.82) is 0 Å². The lowest BCUT2D eigenvalue weighted by Crippen LogP contribution is -2.28. The van der Waals surface area contributed by atoms with E-state index in [-0.39, 0.29) is 11.5 Å². The number of thiophene rings is 1. The lowest BCUT2D eigenvalue weighted by Gasteiger charge is -2.16. The van der Waals surface area contributed by atoms with E-state index in [1.807, 2.05) is 23.1 Å². The van der Waals surface area contributed by atoms with Crippen LogP contribution >= 0.6 is 11.3 Å². The van der Waals surface area contributed by atoms with Crippen LogP contribution in [-0.4, -0.2) is 43.8 Å². The number of likely N-dealkylation sites (tertiary alicyclic amines) is 1. The molecule has 5 rings (SSSR count). The Bertz CT molecular complexity index is 1240. The molecule has 0 saturated carbocycles. The first-order valence-corrected chi connectivity index (χ1v) is 10.2. The highest BCUT2D eigenvalue weighted by atomic mass is 32.1. The van der Waals surface area contributed by atoms with Gasteiger partial charge in [-0.1, -0.05) is 6.07 Å². The van der Waals surface area contributed by atoms with Crippen molar-refractivity contribution in [2.45, 2.75) is 12.3 Å². The van der Waals surface area contributed by atoms with Crippen molar-refractivity contribution in [1.82, 2.24) is 24.8 Å². The summed E-state index contributed by atoms with van der Waals surface area (Å²) < 4.78 is 0.456. The molecule has 0 bridgehead atoms. The van der Waals surface area contributed by atoms with Gasteiger partial charge in [0.15, 0.2) is 5.82 Å². The third kappa shape index (κ3) is 3.21. The van der Waals surface area contributed by atoms with E-state index >= 15 is 0 Å². The molecule has 29 heavy (non-hydrogen) atoms. The zero-order chi connectivity index (χ0) is 19.8. The Hall–Kier alpha value is -3.39. The average molecular weight is 403 g/mol. The van der Waals surface area contributed by atoms with Crippen LogP contribution in [-0.2, 0) is 0 Å². The first kappa shape index (κ1) is 17.7. The molecular weight excluding hydrogens is 386 g/mol. The Balaban J connectivity index is 1.48. The maximum Gasteiger partial charge on any atom is 0.269 e. The second-order valence-corrected chi connectivity index (χ2v) is 7.85. The predicted molar refractivity (Wildman–Crippen MR) is 111 cm³/mol. The van der Waals surface area contributed by atoms with Gasteiger partial charge in [0.1, 0.15) is 15.9 Å². The second-order valence-electron chi connectivity index (χ2n) is 6.97. The van der Waals surface area contributed by atoms with Crippen molar-refractivity contribution in [2.75, 3.05) is 13.1 Å². The van der Waals surface area contributed by atoms with Crippen molar-refractivity contribution in [2.24, 2.45) is 0 Å². The highest BCUT2D eigenvalue weighted by Crippen LogP contribution is 2.30. The van der Waals surface area contributed by atoms with E-state index < -0.39 is 0 Å². The first-order valence-electron chi connectivity index (χ1n) is 9.33. The molecule has 4 aromatic heterocycles. The average Bonchev–Trinajstić information content (AvgIpc) is 3.42. The molecule has 0 aliphatic carbocycles. The topological polar surface area (TPSA) is 91.8 Å². The number of carbonyl (C=O) groups is 1. The van der Waals surface area contributed by atoms with Gasteiger partial charge in [-0.15, -0.1) is 11.3 Å². The van der Waals surface area contributed by atoms with E-state index in [0.717, 1.165) is 6.42 Å².